The van der Waals surface area contributed by atoms with Crippen LogP contribution in [0.15, 0.2) is 71.3 Å². The van der Waals surface area contributed by atoms with Gasteiger partial charge in [0, 0.05) is 24.6 Å². The van der Waals surface area contributed by atoms with Crippen molar-refractivity contribution in [1.29, 1.82) is 0 Å². The normalized spacial score (nSPS) is 29.3. The lowest BCUT2D eigenvalue weighted by atomic mass is 9.53. The van der Waals surface area contributed by atoms with Gasteiger partial charge in [0.05, 0.1) is 6.10 Å². The van der Waals surface area contributed by atoms with Crippen LogP contribution in [0.25, 0.3) is 0 Å². The maximum atomic E-state index is 12.6. The summed E-state index contributed by atoms with van der Waals surface area (Å²) < 4.78 is 0. The van der Waals surface area contributed by atoms with Crippen LogP contribution in [0.2, 0.25) is 0 Å². The molecular formula is C36H44N2O3. The number of carbonyl (C=O) groups excluding carboxylic acids is 2. The van der Waals surface area contributed by atoms with Crippen molar-refractivity contribution in [3.63, 3.8) is 0 Å². The SMILES string of the molecule is CC(C)(C)c1ccc(NC(=O)NCc2ccc([C@H]3C[C@]4(C)C(O)CCC4C4CCC5=CC(=O)CCC5=C43)cc2)cc1. The number of ketones is 1. The lowest BCUT2D eigenvalue weighted by molar-refractivity contribution is -0.114. The highest BCUT2D eigenvalue weighted by atomic mass is 16.3. The highest BCUT2D eigenvalue weighted by molar-refractivity contribution is 5.93. The molecule has 0 spiro atoms. The van der Waals surface area contributed by atoms with Crippen molar-refractivity contribution in [2.75, 3.05) is 5.32 Å². The average Bonchev–Trinajstić information content (AvgIpc) is 3.25. The molecule has 0 saturated heterocycles. The minimum atomic E-state index is -0.252. The van der Waals surface area contributed by atoms with Crippen molar-refractivity contribution in [3.05, 3.63) is 88.0 Å². The lowest BCUT2D eigenvalue weighted by Crippen LogP contribution is -2.45. The van der Waals surface area contributed by atoms with Gasteiger partial charge in [-0.05, 0) is 107 Å². The van der Waals surface area contributed by atoms with E-state index in [4.69, 9.17) is 0 Å². The molecule has 2 aromatic carbocycles. The maximum absolute atomic E-state index is 12.6. The Bertz CT molecular complexity index is 1400. The molecule has 3 unspecified atom stereocenters. The first-order valence-electron chi connectivity index (χ1n) is 15.4. The molecule has 2 aromatic rings. The third kappa shape index (κ3) is 5.30. The van der Waals surface area contributed by atoms with E-state index in [2.05, 4.69) is 74.7 Å². The summed E-state index contributed by atoms with van der Waals surface area (Å²) in [6.45, 7) is 9.28. The van der Waals surface area contributed by atoms with Gasteiger partial charge in [0.15, 0.2) is 5.78 Å². The van der Waals surface area contributed by atoms with E-state index in [1.807, 2.05) is 18.2 Å². The number of allylic oxidation sites excluding steroid dienone is 4. The Balaban J connectivity index is 1.18. The molecule has 216 valence electrons. The topological polar surface area (TPSA) is 78.4 Å². The largest absolute Gasteiger partial charge is 0.393 e. The van der Waals surface area contributed by atoms with Gasteiger partial charge in [0.25, 0.3) is 0 Å². The summed E-state index contributed by atoms with van der Waals surface area (Å²) in [6.07, 6.45) is 8.12. The molecule has 4 aliphatic carbocycles. The molecule has 5 heteroatoms. The predicted octanol–water partition coefficient (Wildman–Crippen LogP) is 7.57. The molecule has 3 N–H and O–H groups in total. The molecular weight excluding hydrogens is 508 g/mol. The lowest BCUT2D eigenvalue weighted by Gasteiger charge is -2.52. The number of carbonyl (C=O) groups is 2. The Morgan fingerprint density at radius 2 is 1.71 bits per heavy atom. The van der Waals surface area contributed by atoms with Crippen LogP contribution in [-0.4, -0.2) is 23.0 Å². The van der Waals surface area contributed by atoms with Gasteiger partial charge in [-0.15, -0.1) is 0 Å². The number of anilines is 1. The summed E-state index contributed by atoms with van der Waals surface area (Å²) in [5, 5.41) is 17.0. The zero-order chi connectivity index (χ0) is 28.9. The molecule has 5 atom stereocenters. The van der Waals surface area contributed by atoms with Crippen LogP contribution in [0, 0.1) is 17.3 Å². The number of amides is 2. The molecule has 6 rings (SSSR count). The summed E-state index contributed by atoms with van der Waals surface area (Å²) in [7, 11) is 0. The minimum absolute atomic E-state index is 0.0738. The monoisotopic (exact) mass is 552 g/mol. The van der Waals surface area contributed by atoms with Gasteiger partial charge in [0.2, 0.25) is 0 Å². The minimum Gasteiger partial charge on any atom is -0.393 e. The van der Waals surface area contributed by atoms with E-state index in [0.717, 1.165) is 49.8 Å². The molecule has 4 aliphatic rings. The van der Waals surface area contributed by atoms with Crippen molar-refractivity contribution >= 4 is 17.5 Å². The van der Waals surface area contributed by atoms with Crippen molar-refractivity contribution in [2.45, 2.75) is 96.6 Å². The number of fused-ring (bicyclic) bond motifs is 4. The van der Waals surface area contributed by atoms with Crippen molar-refractivity contribution < 1.29 is 14.7 Å². The number of urea groups is 1. The van der Waals surface area contributed by atoms with E-state index in [0.29, 0.717) is 24.8 Å². The first-order valence-corrected chi connectivity index (χ1v) is 15.4. The third-order valence-electron chi connectivity index (χ3n) is 10.5. The van der Waals surface area contributed by atoms with Gasteiger partial charge in [-0.1, -0.05) is 69.7 Å². The summed E-state index contributed by atoms with van der Waals surface area (Å²) in [4.78, 5) is 24.8. The molecule has 41 heavy (non-hydrogen) atoms. The van der Waals surface area contributed by atoms with Gasteiger partial charge >= 0.3 is 6.03 Å². The van der Waals surface area contributed by atoms with Gasteiger partial charge < -0.3 is 15.7 Å². The molecule has 2 fully saturated rings. The zero-order valence-corrected chi connectivity index (χ0v) is 24.9. The van der Waals surface area contributed by atoms with Gasteiger partial charge in [-0.3, -0.25) is 4.79 Å². The van der Waals surface area contributed by atoms with E-state index in [1.165, 1.54) is 22.3 Å². The van der Waals surface area contributed by atoms with Gasteiger partial charge in [-0.2, -0.15) is 0 Å². The van der Waals surface area contributed by atoms with Gasteiger partial charge in [0.1, 0.15) is 0 Å². The average molecular weight is 553 g/mol. The fraction of sp³-hybridized carbons (Fsp3) is 0.500. The smallest absolute Gasteiger partial charge is 0.319 e. The Labute approximate surface area is 244 Å². The number of aliphatic hydroxyl groups is 1. The van der Waals surface area contributed by atoms with E-state index in [1.54, 1.807) is 5.57 Å². The first kappa shape index (κ1) is 28.0. The maximum Gasteiger partial charge on any atom is 0.319 e. The van der Waals surface area contributed by atoms with Crippen LogP contribution < -0.4 is 10.6 Å². The Morgan fingerprint density at radius 1 is 0.976 bits per heavy atom. The fourth-order valence-corrected chi connectivity index (χ4v) is 8.21. The predicted molar refractivity (Wildman–Crippen MR) is 164 cm³/mol. The Morgan fingerprint density at radius 3 is 2.41 bits per heavy atom. The number of aliphatic hydroxyl groups excluding tert-OH is 1. The number of benzene rings is 2. The molecule has 0 aromatic heterocycles. The van der Waals surface area contributed by atoms with Crippen LogP contribution in [0.5, 0.6) is 0 Å². The fourth-order valence-electron chi connectivity index (χ4n) is 8.21. The number of rotatable bonds is 4. The second kappa shape index (κ2) is 10.6. The summed E-state index contributed by atoms with van der Waals surface area (Å²) in [6, 6.07) is 16.5. The van der Waals surface area contributed by atoms with Crippen LogP contribution in [0.3, 0.4) is 0 Å². The number of hydrogen-bond acceptors (Lipinski definition) is 3. The van der Waals surface area contributed by atoms with Crippen LogP contribution in [0.1, 0.15) is 95.2 Å². The van der Waals surface area contributed by atoms with Crippen LogP contribution >= 0.6 is 0 Å². The van der Waals surface area contributed by atoms with Crippen molar-refractivity contribution in [1.82, 2.24) is 5.32 Å². The second-order valence-electron chi connectivity index (χ2n) is 14.1. The highest BCUT2D eigenvalue weighted by Crippen LogP contribution is 2.63. The molecule has 0 heterocycles. The zero-order valence-electron chi connectivity index (χ0n) is 24.9. The molecule has 5 nitrogen and oxygen atoms in total. The standard InChI is InChI=1S/C36H44N2O3/c1-35(2,3)25-10-12-26(13-11-25)38-34(41)37-21-22-5-7-23(8-6-22)30-20-36(4)31(17-18-32(36)40)29-15-9-24-19-27(39)14-16-28(24)33(29)30/h5-8,10-13,19,29-32,40H,9,14-18,20-21H2,1-4H3,(H2,37,38,41)/t29?,30-,31?,32?,36+/m1/s1. The van der Waals surface area contributed by atoms with Crippen LogP contribution in [-0.2, 0) is 16.8 Å². The Kier molecular flexibility index (Phi) is 7.22. The van der Waals surface area contributed by atoms with Crippen LogP contribution in [0.4, 0.5) is 10.5 Å². The van der Waals surface area contributed by atoms with Crippen molar-refractivity contribution in [2.24, 2.45) is 17.3 Å². The molecule has 2 saturated carbocycles. The van der Waals surface area contributed by atoms with E-state index < -0.39 is 0 Å². The third-order valence-corrected chi connectivity index (χ3v) is 10.5. The molecule has 0 aliphatic heterocycles. The summed E-state index contributed by atoms with van der Waals surface area (Å²) in [5.41, 5.74) is 8.59. The van der Waals surface area contributed by atoms with Crippen molar-refractivity contribution in [3.8, 4) is 0 Å². The second-order valence-corrected chi connectivity index (χ2v) is 14.1. The first-order chi connectivity index (χ1) is 19.5. The van der Waals surface area contributed by atoms with E-state index in [9.17, 15) is 14.7 Å². The quantitative estimate of drug-likeness (QED) is 0.366. The summed E-state index contributed by atoms with van der Waals surface area (Å²) in [5.74, 6) is 1.52. The van der Waals surface area contributed by atoms with E-state index >= 15 is 0 Å². The molecule has 0 radical (unpaired) electrons. The number of hydrogen-bond donors (Lipinski definition) is 3. The Hall–Kier alpha value is -3.18. The number of nitrogens with one attached hydrogen (secondary N) is 2. The van der Waals surface area contributed by atoms with Gasteiger partial charge in [-0.25, -0.2) is 4.79 Å². The van der Waals surface area contributed by atoms with E-state index in [-0.39, 0.29) is 34.7 Å². The summed E-state index contributed by atoms with van der Waals surface area (Å²) >= 11 is 0. The molecule has 2 amide bonds. The highest BCUT2D eigenvalue weighted by Gasteiger charge is 2.56. The molecule has 0 bridgehead atoms.